The first-order valence-electron chi connectivity index (χ1n) is 8.65. The van der Waals surface area contributed by atoms with Crippen molar-refractivity contribution < 1.29 is 13.9 Å². The predicted octanol–water partition coefficient (Wildman–Crippen LogP) is 3.90. The fourth-order valence-electron chi connectivity index (χ4n) is 2.97. The quantitative estimate of drug-likeness (QED) is 0.654. The first-order valence-corrected chi connectivity index (χ1v) is 9.63. The lowest BCUT2D eigenvalue weighted by Gasteiger charge is -2.27. The van der Waals surface area contributed by atoms with Crippen molar-refractivity contribution in [1.29, 1.82) is 0 Å². The molecule has 1 fully saturated rings. The average molecular weight is 368 g/mol. The van der Waals surface area contributed by atoms with Crippen molar-refractivity contribution >= 4 is 28.8 Å². The number of ether oxygens (including phenoxy) is 1. The van der Waals surface area contributed by atoms with E-state index in [0.717, 1.165) is 27.8 Å². The second-order valence-electron chi connectivity index (χ2n) is 6.34. The number of aryl methyl sites for hydroxylation is 1. The van der Waals surface area contributed by atoms with Gasteiger partial charge in [-0.05, 0) is 42.3 Å². The number of amides is 1. The van der Waals surface area contributed by atoms with Gasteiger partial charge in [-0.25, -0.2) is 4.98 Å². The molecule has 0 spiro atoms. The van der Waals surface area contributed by atoms with E-state index in [1.54, 1.807) is 0 Å². The molecule has 1 aliphatic rings. The van der Waals surface area contributed by atoms with Crippen molar-refractivity contribution in [3.05, 3.63) is 59.2 Å². The number of rotatable bonds is 4. The van der Waals surface area contributed by atoms with Crippen molar-refractivity contribution in [3.8, 4) is 0 Å². The first-order chi connectivity index (χ1) is 12.7. The lowest BCUT2D eigenvalue weighted by atomic mass is 10.1. The highest BCUT2D eigenvalue weighted by molar-refractivity contribution is 7.98. The highest BCUT2D eigenvalue weighted by Crippen LogP contribution is 2.27. The van der Waals surface area contributed by atoms with Crippen LogP contribution < -0.4 is 0 Å². The number of carbonyl (C=O) groups excluding carboxylic acids is 1. The van der Waals surface area contributed by atoms with Gasteiger partial charge in [0.15, 0.2) is 5.58 Å². The van der Waals surface area contributed by atoms with Crippen LogP contribution in [0.1, 0.15) is 21.5 Å². The Hall–Kier alpha value is -2.31. The predicted molar refractivity (Wildman–Crippen MR) is 101 cm³/mol. The van der Waals surface area contributed by atoms with Crippen LogP contribution in [0, 0.1) is 6.92 Å². The van der Waals surface area contributed by atoms with E-state index < -0.39 is 0 Å². The number of carbonyl (C=O) groups is 1. The summed E-state index contributed by atoms with van der Waals surface area (Å²) in [6.45, 7) is 4.56. The second kappa shape index (κ2) is 7.51. The van der Waals surface area contributed by atoms with Gasteiger partial charge in [-0.1, -0.05) is 30.0 Å². The summed E-state index contributed by atoms with van der Waals surface area (Å²) in [4.78, 5) is 19.0. The Bertz CT molecular complexity index is 932. The van der Waals surface area contributed by atoms with Crippen molar-refractivity contribution in [2.75, 3.05) is 26.3 Å². The number of nitrogens with zero attached hydrogens (tertiary/aromatic N) is 2. The molecule has 1 aromatic heterocycles. The number of benzene rings is 2. The second-order valence-corrected chi connectivity index (χ2v) is 7.27. The van der Waals surface area contributed by atoms with Gasteiger partial charge in [-0.3, -0.25) is 4.79 Å². The van der Waals surface area contributed by atoms with Gasteiger partial charge in [0.05, 0.1) is 13.2 Å². The van der Waals surface area contributed by atoms with E-state index in [2.05, 4.69) is 4.98 Å². The molecule has 0 saturated carbocycles. The van der Waals surface area contributed by atoms with Gasteiger partial charge < -0.3 is 14.1 Å². The van der Waals surface area contributed by atoms with Crippen molar-refractivity contribution in [2.24, 2.45) is 0 Å². The Morgan fingerprint density at radius 2 is 2.04 bits per heavy atom. The van der Waals surface area contributed by atoms with E-state index in [4.69, 9.17) is 9.15 Å². The van der Waals surface area contributed by atoms with Gasteiger partial charge in [-0.2, -0.15) is 0 Å². The molecule has 3 aromatic rings. The van der Waals surface area contributed by atoms with E-state index in [1.807, 2.05) is 54.3 Å². The van der Waals surface area contributed by atoms with Crippen LogP contribution >= 0.6 is 11.8 Å². The smallest absolute Gasteiger partial charge is 0.257 e. The maximum Gasteiger partial charge on any atom is 0.257 e. The number of hydrogen-bond donors (Lipinski definition) is 0. The van der Waals surface area contributed by atoms with E-state index >= 15 is 0 Å². The fraction of sp³-hybridized carbons (Fsp3) is 0.300. The summed E-state index contributed by atoms with van der Waals surface area (Å²) in [5.74, 6) is 0.772. The topological polar surface area (TPSA) is 55.6 Å². The minimum atomic E-state index is 0.0671. The molecule has 2 aromatic carbocycles. The molecule has 1 amide bonds. The molecule has 4 rings (SSSR count). The molecule has 5 nitrogen and oxygen atoms in total. The largest absolute Gasteiger partial charge is 0.431 e. The normalized spacial score (nSPS) is 14.7. The maximum absolute atomic E-state index is 12.6. The summed E-state index contributed by atoms with van der Waals surface area (Å²) >= 11 is 1.54. The highest BCUT2D eigenvalue weighted by atomic mass is 32.2. The Labute approximate surface area is 156 Å². The van der Waals surface area contributed by atoms with Gasteiger partial charge in [0.1, 0.15) is 5.52 Å². The number of fused-ring (bicyclic) bond motifs is 1. The Morgan fingerprint density at radius 3 is 2.88 bits per heavy atom. The zero-order valence-electron chi connectivity index (χ0n) is 14.6. The number of oxazole rings is 1. The van der Waals surface area contributed by atoms with E-state index in [1.165, 1.54) is 11.8 Å². The van der Waals surface area contributed by atoms with Crippen LogP contribution in [0.15, 0.2) is 52.1 Å². The summed E-state index contributed by atoms with van der Waals surface area (Å²) < 4.78 is 11.1. The molecule has 26 heavy (non-hydrogen) atoms. The van der Waals surface area contributed by atoms with E-state index in [0.29, 0.717) is 37.3 Å². The van der Waals surface area contributed by atoms with Gasteiger partial charge in [0, 0.05) is 24.4 Å². The van der Waals surface area contributed by atoms with Crippen LogP contribution in [-0.4, -0.2) is 42.1 Å². The number of hydrogen-bond acceptors (Lipinski definition) is 5. The monoisotopic (exact) mass is 368 g/mol. The molecule has 2 heterocycles. The average Bonchev–Trinajstić information content (AvgIpc) is 3.09. The van der Waals surface area contributed by atoms with Gasteiger partial charge >= 0.3 is 0 Å². The van der Waals surface area contributed by atoms with Crippen LogP contribution in [0.25, 0.3) is 11.1 Å². The Kier molecular flexibility index (Phi) is 4.95. The molecular weight excluding hydrogens is 348 g/mol. The summed E-state index contributed by atoms with van der Waals surface area (Å²) in [7, 11) is 0. The zero-order valence-corrected chi connectivity index (χ0v) is 15.4. The van der Waals surface area contributed by atoms with Crippen LogP contribution in [0.3, 0.4) is 0 Å². The molecule has 1 aliphatic heterocycles. The third-order valence-corrected chi connectivity index (χ3v) is 5.26. The van der Waals surface area contributed by atoms with Crippen LogP contribution in [0.2, 0.25) is 0 Å². The van der Waals surface area contributed by atoms with Crippen molar-refractivity contribution in [2.45, 2.75) is 17.9 Å². The minimum Gasteiger partial charge on any atom is -0.431 e. The van der Waals surface area contributed by atoms with Crippen molar-refractivity contribution in [1.82, 2.24) is 9.88 Å². The van der Waals surface area contributed by atoms with Crippen molar-refractivity contribution in [3.63, 3.8) is 0 Å². The molecule has 0 N–H and O–H groups in total. The molecule has 0 unspecified atom stereocenters. The lowest BCUT2D eigenvalue weighted by molar-refractivity contribution is 0.0303. The van der Waals surface area contributed by atoms with Gasteiger partial charge in [0.25, 0.3) is 11.1 Å². The summed E-state index contributed by atoms with van der Waals surface area (Å²) in [5.41, 5.74) is 4.64. The first kappa shape index (κ1) is 17.1. The van der Waals surface area contributed by atoms with Gasteiger partial charge in [0.2, 0.25) is 0 Å². The summed E-state index contributed by atoms with van der Waals surface area (Å²) in [6.07, 6.45) is 0. The molecule has 0 radical (unpaired) electrons. The highest BCUT2D eigenvalue weighted by Gasteiger charge is 2.18. The van der Waals surface area contributed by atoms with Crippen LogP contribution in [-0.2, 0) is 10.5 Å². The summed E-state index contributed by atoms with van der Waals surface area (Å²) in [5, 5.41) is 0.649. The molecule has 0 aliphatic carbocycles. The number of morpholine rings is 1. The maximum atomic E-state index is 12.6. The molecule has 0 bridgehead atoms. The zero-order chi connectivity index (χ0) is 17.9. The number of thioether (sulfide) groups is 1. The van der Waals surface area contributed by atoms with E-state index in [9.17, 15) is 4.79 Å². The van der Waals surface area contributed by atoms with E-state index in [-0.39, 0.29) is 5.91 Å². The Balaban J connectivity index is 1.45. The fourth-order valence-corrected chi connectivity index (χ4v) is 3.75. The molecule has 0 atom stereocenters. The molecular formula is C20H20N2O3S. The lowest BCUT2D eigenvalue weighted by Crippen LogP contribution is -2.40. The van der Waals surface area contributed by atoms with Gasteiger partial charge in [-0.15, -0.1) is 0 Å². The molecule has 6 heteroatoms. The third kappa shape index (κ3) is 3.76. The molecule has 1 saturated heterocycles. The summed E-state index contributed by atoms with van der Waals surface area (Å²) in [6, 6.07) is 13.8. The SMILES string of the molecule is Cc1ccc2oc(SCc3cccc(C(=O)N4CCOCC4)c3)nc2c1. The van der Waals surface area contributed by atoms with Crippen LogP contribution in [0.5, 0.6) is 0 Å². The third-order valence-electron chi connectivity index (χ3n) is 4.36. The van der Waals surface area contributed by atoms with Crippen LogP contribution in [0.4, 0.5) is 0 Å². The number of aromatic nitrogens is 1. The minimum absolute atomic E-state index is 0.0671. The Morgan fingerprint density at radius 1 is 1.19 bits per heavy atom. The standard InChI is InChI=1S/C20H20N2O3S/c1-14-5-6-18-17(11-14)21-20(25-18)26-13-15-3-2-4-16(12-15)19(23)22-7-9-24-10-8-22/h2-6,11-12H,7-10,13H2,1H3. The molecule has 134 valence electrons.